The summed E-state index contributed by atoms with van der Waals surface area (Å²) >= 11 is 0. The second kappa shape index (κ2) is 8.37. The van der Waals surface area contributed by atoms with Crippen molar-refractivity contribution >= 4 is 5.97 Å². The number of methoxy groups -OCH3 is 1. The number of ether oxygens (including phenoxy) is 1. The molecule has 0 fully saturated rings. The predicted octanol–water partition coefficient (Wildman–Crippen LogP) is 4.10. The Morgan fingerprint density at radius 3 is 2.19 bits per heavy atom. The van der Waals surface area contributed by atoms with Gasteiger partial charge in [-0.25, -0.2) is 4.79 Å². The van der Waals surface area contributed by atoms with E-state index in [1.54, 1.807) is 0 Å². The summed E-state index contributed by atoms with van der Waals surface area (Å²) in [7, 11) is 1.46. The van der Waals surface area contributed by atoms with E-state index in [1.807, 2.05) is 13.8 Å². The molecule has 94 valence electrons. The highest BCUT2D eigenvalue weighted by atomic mass is 16.5. The van der Waals surface area contributed by atoms with Crippen LogP contribution in [0.3, 0.4) is 0 Å². The monoisotopic (exact) mass is 226 g/mol. The zero-order valence-corrected chi connectivity index (χ0v) is 11.4. The molecule has 16 heavy (non-hydrogen) atoms. The van der Waals surface area contributed by atoms with Crippen molar-refractivity contribution in [2.75, 3.05) is 7.11 Å². The first-order valence-electron chi connectivity index (χ1n) is 6.34. The van der Waals surface area contributed by atoms with Gasteiger partial charge in [-0.1, -0.05) is 38.7 Å². The molecule has 0 aromatic carbocycles. The van der Waals surface area contributed by atoms with Gasteiger partial charge in [0.1, 0.15) is 0 Å². The van der Waals surface area contributed by atoms with E-state index >= 15 is 0 Å². The van der Waals surface area contributed by atoms with Crippen LogP contribution in [-0.4, -0.2) is 13.1 Å². The Balaban J connectivity index is 4.61. The van der Waals surface area contributed by atoms with Gasteiger partial charge in [0.05, 0.1) is 7.11 Å². The lowest BCUT2D eigenvalue weighted by Crippen LogP contribution is -2.16. The quantitative estimate of drug-likeness (QED) is 0.371. The van der Waals surface area contributed by atoms with Gasteiger partial charge < -0.3 is 4.74 Å². The third-order valence-corrected chi connectivity index (χ3v) is 3.00. The average molecular weight is 226 g/mol. The van der Waals surface area contributed by atoms with E-state index in [0.29, 0.717) is 5.92 Å². The van der Waals surface area contributed by atoms with Gasteiger partial charge in [-0.15, -0.1) is 0 Å². The molecule has 0 rings (SSSR count). The molecule has 2 heteroatoms. The second-order valence-corrected chi connectivity index (χ2v) is 4.51. The van der Waals surface area contributed by atoms with Gasteiger partial charge >= 0.3 is 5.97 Å². The highest BCUT2D eigenvalue weighted by Gasteiger charge is 2.20. The van der Waals surface area contributed by atoms with Crippen molar-refractivity contribution in [1.29, 1.82) is 0 Å². The lowest BCUT2D eigenvalue weighted by molar-refractivity contribution is -0.136. The van der Waals surface area contributed by atoms with Crippen LogP contribution in [0.25, 0.3) is 0 Å². The Hall–Kier alpha value is -0.790. The van der Waals surface area contributed by atoms with Gasteiger partial charge in [0, 0.05) is 5.57 Å². The van der Waals surface area contributed by atoms with Crippen molar-refractivity contribution < 1.29 is 9.53 Å². The normalized spacial score (nSPS) is 12.1. The number of hydrogen-bond donors (Lipinski definition) is 0. The van der Waals surface area contributed by atoms with Crippen molar-refractivity contribution in [2.45, 2.75) is 59.8 Å². The van der Waals surface area contributed by atoms with E-state index in [9.17, 15) is 4.79 Å². The number of allylic oxidation sites excluding steroid dienone is 1. The molecule has 0 aromatic rings. The smallest absolute Gasteiger partial charge is 0.333 e. The Kier molecular flexibility index (Phi) is 7.96. The summed E-state index contributed by atoms with van der Waals surface area (Å²) in [6.45, 7) is 8.33. The standard InChI is InChI=1S/C14H26O2/c1-6-8-9-10-12(7-2)13(11(3)4)14(15)16-5/h12H,6-10H2,1-5H3. The summed E-state index contributed by atoms with van der Waals surface area (Å²) in [5.74, 6) is 0.215. The van der Waals surface area contributed by atoms with E-state index in [-0.39, 0.29) is 5.97 Å². The number of hydrogen-bond acceptors (Lipinski definition) is 2. The minimum absolute atomic E-state index is 0.150. The van der Waals surface area contributed by atoms with Crippen LogP contribution in [0, 0.1) is 5.92 Å². The molecule has 0 N–H and O–H groups in total. The summed E-state index contributed by atoms with van der Waals surface area (Å²) in [5.41, 5.74) is 1.98. The fourth-order valence-electron chi connectivity index (χ4n) is 2.08. The van der Waals surface area contributed by atoms with Crippen LogP contribution < -0.4 is 0 Å². The molecule has 0 aliphatic rings. The van der Waals surface area contributed by atoms with Crippen molar-refractivity contribution in [2.24, 2.45) is 5.92 Å². The zero-order valence-electron chi connectivity index (χ0n) is 11.4. The first-order valence-corrected chi connectivity index (χ1v) is 6.34. The molecule has 0 saturated carbocycles. The Morgan fingerprint density at radius 2 is 1.81 bits per heavy atom. The van der Waals surface area contributed by atoms with Gasteiger partial charge in [0.2, 0.25) is 0 Å². The molecule has 0 saturated heterocycles. The summed E-state index contributed by atoms with van der Waals surface area (Å²) in [6.07, 6.45) is 5.77. The predicted molar refractivity (Wildman–Crippen MR) is 68.3 cm³/mol. The van der Waals surface area contributed by atoms with E-state index < -0.39 is 0 Å². The summed E-state index contributed by atoms with van der Waals surface area (Å²) < 4.78 is 4.87. The van der Waals surface area contributed by atoms with Crippen LogP contribution in [0.15, 0.2) is 11.1 Å². The third-order valence-electron chi connectivity index (χ3n) is 3.00. The molecule has 0 aliphatic heterocycles. The number of unbranched alkanes of at least 4 members (excludes halogenated alkanes) is 2. The van der Waals surface area contributed by atoms with Gasteiger partial charge in [-0.05, 0) is 32.6 Å². The molecule has 0 spiro atoms. The lowest BCUT2D eigenvalue weighted by Gasteiger charge is -2.18. The zero-order chi connectivity index (χ0) is 12.6. The van der Waals surface area contributed by atoms with Crippen molar-refractivity contribution in [3.63, 3.8) is 0 Å². The molecule has 2 nitrogen and oxygen atoms in total. The first kappa shape index (κ1) is 15.2. The Bertz CT molecular complexity index is 237. The Labute approximate surface area is 100 Å². The van der Waals surface area contributed by atoms with Gasteiger partial charge in [0.25, 0.3) is 0 Å². The van der Waals surface area contributed by atoms with Crippen molar-refractivity contribution in [3.8, 4) is 0 Å². The van der Waals surface area contributed by atoms with E-state index in [2.05, 4.69) is 13.8 Å². The van der Waals surface area contributed by atoms with Crippen molar-refractivity contribution in [3.05, 3.63) is 11.1 Å². The molecular weight excluding hydrogens is 200 g/mol. The molecule has 0 aromatic heterocycles. The molecule has 1 atom stereocenters. The van der Waals surface area contributed by atoms with E-state index in [0.717, 1.165) is 24.0 Å². The lowest BCUT2D eigenvalue weighted by atomic mass is 9.88. The highest BCUT2D eigenvalue weighted by molar-refractivity contribution is 5.89. The number of rotatable bonds is 7. The minimum atomic E-state index is -0.150. The van der Waals surface area contributed by atoms with E-state index in [1.165, 1.54) is 26.4 Å². The van der Waals surface area contributed by atoms with Crippen LogP contribution in [-0.2, 0) is 9.53 Å². The largest absolute Gasteiger partial charge is 0.466 e. The number of carbonyl (C=O) groups is 1. The molecular formula is C14H26O2. The van der Waals surface area contributed by atoms with Crippen molar-refractivity contribution in [1.82, 2.24) is 0 Å². The van der Waals surface area contributed by atoms with Gasteiger partial charge in [-0.2, -0.15) is 0 Å². The highest BCUT2D eigenvalue weighted by Crippen LogP contribution is 2.25. The summed E-state index contributed by atoms with van der Waals surface area (Å²) in [5, 5.41) is 0. The maximum absolute atomic E-state index is 11.7. The topological polar surface area (TPSA) is 26.3 Å². The van der Waals surface area contributed by atoms with Gasteiger partial charge in [0.15, 0.2) is 0 Å². The fourth-order valence-corrected chi connectivity index (χ4v) is 2.08. The number of esters is 1. The molecule has 0 aliphatic carbocycles. The molecule has 0 bridgehead atoms. The SMILES string of the molecule is CCCCCC(CC)C(C(=O)OC)=C(C)C. The van der Waals surface area contributed by atoms with E-state index in [4.69, 9.17) is 4.74 Å². The van der Waals surface area contributed by atoms with Crippen LogP contribution in [0.5, 0.6) is 0 Å². The first-order chi connectivity index (χ1) is 7.58. The maximum Gasteiger partial charge on any atom is 0.333 e. The molecule has 0 radical (unpaired) electrons. The van der Waals surface area contributed by atoms with Crippen LogP contribution in [0.1, 0.15) is 59.8 Å². The van der Waals surface area contributed by atoms with Crippen LogP contribution >= 0.6 is 0 Å². The van der Waals surface area contributed by atoms with Crippen LogP contribution in [0.2, 0.25) is 0 Å². The minimum Gasteiger partial charge on any atom is -0.466 e. The number of carbonyl (C=O) groups excluding carboxylic acids is 1. The summed E-state index contributed by atoms with van der Waals surface area (Å²) in [4.78, 5) is 11.7. The fraction of sp³-hybridized carbons (Fsp3) is 0.786. The molecule has 1 unspecified atom stereocenters. The maximum atomic E-state index is 11.7. The average Bonchev–Trinajstić information content (AvgIpc) is 2.26. The second-order valence-electron chi connectivity index (χ2n) is 4.51. The third kappa shape index (κ3) is 4.82. The van der Waals surface area contributed by atoms with Crippen LogP contribution in [0.4, 0.5) is 0 Å². The Morgan fingerprint density at radius 1 is 1.19 bits per heavy atom. The molecule has 0 amide bonds. The molecule has 0 heterocycles. The van der Waals surface area contributed by atoms with Gasteiger partial charge in [-0.3, -0.25) is 0 Å². The summed E-state index contributed by atoms with van der Waals surface area (Å²) in [6, 6.07) is 0.